The van der Waals surface area contributed by atoms with Gasteiger partial charge in [-0.2, -0.15) is 0 Å². The number of amides is 1. The van der Waals surface area contributed by atoms with Crippen molar-refractivity contribution in [2.75, 3.05) is 5.32 Å². The van der Waals surface area contributed by atoms with Crippen molar-refractivity contribution in [1.82, 2.24) is 0 Å². The summed E-state index contributed by atoms with van der Waals surface area (Å²) in [5.41, 5.74) is 4.35. The minimum absolute atomic E-state index is 0.0333. The van der Waals surface area contributed by atoms with Gasteiger partial charge in [0.05, 0.1) is 5.92 Å². The van der Waals surface area contributed by atoms with E-state index in [4.69, 9.17) is 0 Å². The van der Waals surface area contributed by atoms with E-state index >= 15 is 0 Å². The number of carbonyl (C=O) groups excluding carboxylic acids is 1. The third-order valence-corrected chi connectivity index (χ3v) is 4.63. The molecule has 1 N–H and O–H groups in total. The molecule has 0 aromatic heterocycles. The fraction of sp³-hybridized carbons (Fsp3) is 0.350. The Bertz CT molecular complexity index is 677. The molecule has 23 heavy (non-hydrogen) atoms. The van der Waals surface area contributed by atoms with Crippen molar-refractivity contribution >= 4 is 34.2 Å². The number of nitrogens with one attached hydrogen (secondary N) is 1. The zero-order chi connectivity index (χ0) is 17.0. The fourth-order valence-electron chi connectivity index (χ4n) is 2.57. The molecular weight excluding hydrogens is 397 g/mol. The topological polar surface area (TPSA) is 29.1 Å². The van der Waals surface area contributed by atoms with Gasteiger partial charge in [-0.25, -0.2) is 0 Å². The molecular formula is C20H24INO. The third-order valence-electron chi connectivity index (χ3n) is 3.96. The van der Waals surface area contributed by atoms with Crippen LogP contribution in [0.2, 0.25) is 0 Å². The molecule has 0 aliphatic rings. The summed E-state index contributed by atoms with van der Waals surface area (Å²) in [5, 5.41) is 3.04. The van der Waals surface area contributed by atoms with Crippen LogP contribution in [0, 0.1) is 16.4 Å². The first-order chi connectivity index (χ1) is 10.9. The van der Waals surface area contributed by atoms with E-state index < -0.39 is 0 Å². The molecule has 0 aliphatic carbocycles. The van der Waals surface area contributed by atoms with Crippen LogP contribution < -0.4 is 5.32 Å². The van der Waals surface area contributed by atoms with E-state index in [1.165, 1.54) is 9.13 Å². The molecule has 2 rings (SSSR count). The Hall–Kier alpha value is -1.36. The normalized spacial score (nSPS) is 12.3. The summed E-state index contributed by atoms with van der Waals surface area (Å²) >= 11 is 2.28. The SMILES string of the molecule is Cc1cc(I)ccc1NC(=O)[C@H](C)c1ccc(CC(C)C)cc1. The molecule has 0 spiro atoms. The van der Waals surface area contributed by atoms with Gasteiger partial charge in [0.1, 0.15) is 0 Å². The van der Waals surface area contributed by atoms with E-state index in [0.29, 0.717) is 5.92 Å². The van der Waals surface area contributed by atoms with Gasteiger partial charge in [-0.15, -0.1) is 0 Å². The van der Waals surface area contributed by atoms with E-state index in [0.717, 1.165) is 23.2 Å². The predicted molar refractivity (Wildman–Crippen MR) is 106 cm³/mol. The lowest BCUT2D eigenvalue weighted by molar-refractivity contribution is -0.117. The molecule has 0 radical (unpaired) electrons. The molecule has 3 heteroatoms. The Balaban J connectivity index is 2.07. The third kappa shape index (κ3) is 5.06. The molecule has 2 nitrogen and oxygen atoms in total. The van der Waals surface area contributed by atoms with Crippen LogP contribution in [-0.2, 0) is 11.2 Å². The van der Waals surface area contributed by atoms with E-state index in [9.17, 15) is 4.79 Å². The lowest BCUT2D eigenvalue weighted by atomic mass is 9.96. The highest BCUT2D eigenvalue weighted by molar-refractivity contribution is 14.1. The van der Waals surface area contributed by atoms with Gasteiger partial charge in [0, 0.05) is 9.26 Å². The summed E-state index contributed by atoms with van der Waals surface area (Å²) in [5.74, 6) is 0.512. The number of anilines is 1. The van der Waals surface area contributed by atoms with Crippen molar-refractivity contribution in [3.8, 4) is 0 Å². The number of halogens is 1. The number of hydrogen-bond donors (Lipinski definition) is 1. The van der Waals surface area contributed by atoms with Crippen molar-refractivity contribution in [2.45, 2.75) is 40.0 Å². The summed E-state index contributed by atoms with van der Waals surface area (Å²) in [6.45, 7) is 8.40. The monoisotopic (exact) mass is 421 g/mol. The van der Waals surface area contributed by atoms with E-state index in [2.05, 4.69) is 72.1 Å². The number of carbonyl (C=O) groups is 1. The van der Waals surface area contributed by atoms with Gasteiger partial charge in [-0.05, 0) is 83.7 Å². The Morgan fingerprint density at radius 1 is 1.09 bits per heavy atom. The maximum Gasteiger partial charge on any atom is 0.231 e. The van der Waals surface area contributed by atoms with E-state index in [1.54, 1.807) is 0 Å². The summed E-state index contributed by atoms with van der Waals surface area (Å²) in [6.07, 6.45) is 1.07. The molecule has 0 saturated carbocycles. The molecule has 1 amide bonds. The van der Waals surface area contributed by atoms with Crippen LogP contribution in [0.5, 0.6) is 0 Å². The maximum atomic E-state index is 12.5. The first-order valence-electron chi connectivity index (χ1n) is 8.02. The van der Waals surface area contributed by atoms with Crippen molar-refractivity contribution < 1.29 is 4.79 Å². The van der Waals surface area contributed by atoms with Gasteiger partial charge >= 0.3 is 0 Å². The Labute approximate surface area is 152 Å². The molecule has 0 heterocycles. The molecule has 0 saturated heterocycles. The Morgan fingerprint density at radius 3 is 2.30 bits per heavy atom. The lowest BCUT2D eigenvalue weighted by Crippen LogP contribution is -2.19. The second-order valence-electron chi connectivity index (χ2n) is 6.51. The molecule has 0 unspecified atom stereocenters. The first-order valence-corrected chi connectivity index (χ1v) is 9.10. The fourth-order valence-corrected chi connectivity index (χ4v) is 3.22. The average molecular weight is 421 g/mol. The molecule has 2 aromatic rings. The number of rotatable bonds is 5. The number of benzene rings is 2. The molecule has 2 aromatic carbocycles. The van der Waals surface area contributed by atoms with Gasteiger partial charge in [-0.1, -0.05) is 38.1 Å². The van der Waals surface area contributed by atoms with E-state index in [-0.39, 0.29) is 11.8 Å². The van der Waals surface area contributed by atoms with Gasteiger partial charge in [0.2, 0.25) is 5.91 Å². The van der Waals surface area contributed by atoms with Crippen LogP contribution >= 0.6 is 22.6 Å². The van der Waals surface area contributed by atoms with E-state index in [1.807, 2.05) is 26.0 Å². The summed E-state index contributed by atoms with van der Waals surface area (Å²) in [6, 6.07) is 14.5. The lowest BCUT2D eigenvalue weighted by Gasteiger charge is -2.15. The highest BCUT2D eigenvalue weighted by Gasteiger charge is 2.16. The second-order valence-corrected chi connectivity index (χ2v) is 7.76. The first kappa shape index (κ1) is 18.0. The largest absolute Gasteiger partial charge is 0.325 e. The predicted octanol–water partition coefficient (Wildman–Crippen LogP) is 5.54. The average Bonchev–Trinajstić information content (AvgIpc) is 2.49. The van der Waals surface area contributed by atoms with Crippen LogP contribution in [0.25, 0.3) is 0 Å². The smallest absolute Gasteiger partial charge is 0.231 e. The van der Waals surface area contributed by atoms with Gasteiger partial charge in [0.15, 0.2) is 0 Å². The summed E-state index contributed by atoms with van der Waals surface area (Å²) < 4.78 is 1.17. The van der Waals surface area contributed by atoms with Crippen molar-refractivity contribution in [3.05, 3.63) is 62.7 Å². The minimum atomic E-state index is -0.165. The second kappa shape index (κ2) is 7.95. The molecule has 1 atom stereocenters. The maximum absolute atomic E-state index is 12.5. The van der Waals surface area contributed by atoms with Crippen LogP contribution in [0.4, 0.5) is 5.69 Å². The highest BCUT2D eigenvalue weighted by atomic mass is 127. The van der Waals surface area contributed by atoms with Crippen LogP contribution in [0.1, 0.15) is 43.4 Å². The van der Waals surface area contributed by atoms with Crippen molar-refractivity contribution in [3.63, 3.8) is 0 Å². The summed E-state index contributed by atoms with van der Waals surface area (Å²) in [7, 11) is 0. The minimum Gasteiger partial charge on any atom is -0.325 e. The zero-order valence-corrected chi connectivity index (χ0v) is 16.3. The standard InChI is InChI=1S/C20H24INO/c1-13(2)11-16-5-7-17(8-6-16)15(4)20(23)22-19-10-9-18(21)12-14(19)3/h5-10,12-13,15H,11H2,1-4H3,(H,22,23)/t15-/m1/s1. The van der Waals surface area contributed by atoms with Crippen molar-refractivity contribution in [1.29, 1.82) is 0 Å². The van der Waals surface area contributed by atoms with Crippen LogP contribution in [0.3, 0.4) is 0 Å². The molecule has 122 valence electrons. The zero-order valence-electron chi connectivity index (χ0n) is 14.2. The Kier molecular flexibility index (Phi) is 6.22. The van der Waals surface area contributed by atoms with Crippen molar-refractivity contribution in [2.24, 2.45) is 5.92 Å². The van der Waals surface area contributed by atoms with Gasteiger partial charge < -0.3 is 5.32 Å². The molecule has 0 fully saturated rings. The Morgan fingerprint density at radius 2 is 1.74 bits per heavy atom. The van der Waals surface area contributed by atoms with Crippen LogP contribution in [-0.4, -0.2) is 5.91 Å². The molecule has 0 aliphatic heterocycles. The number of hydrogen-bond acceptors (Lipinski definition) is 1. The quantitative estimate of drug-likeness (QED) is 0.631. The van der Waals surface area contributed by atoms with Gasteiger partial charge in [0.25, 0.3) is 0 Å². The van der Waals surface area contributed by atoms with Gasteiger partial charge in [-0.3, -0.25) is 4.79 Å². The summed E-state index contributed by atoms with van der Waals surface area (Å²) in [4.78, 5) is 12.5. The highest BCUT2D eigenvalue weighted by Crippen LogP contribution is 2.22. The van der Waals surface area contributed by atoms with Crippen LogP contribution in [0.15, 0.2) is 42.5 Å². The molecule has 0 bridgehead atoms. The number of aryl methyl sites for hydroxylation is 1.